The molecule has 1 nitrogen and oxygen atoms in total. The molecule has 0 saturated carbocycles. The number of ether oxygens (including phenoxy) is 1. The molecule has 0 aliphatic rings. The Morgan fingerprint density at radius 3 is 2.67 bits per heavy atom. The van der Waals surface area contributed by atoms with E-state index < -0.39 is 0 Å². The van der Waals surface area contributed by atoms with Gasteiger partial charge in [-0.2, -0.15) is 0 Å². The van der Waals surface area contributed by atoms with Crippen LogP contribution in [-0.2, 0) is 5.88 Å². The molecule has 0 aliphatic carbocycles. The van der Waals surface area contributed by atoms with Crippen LogP contribution in [0.25, 0.3) is 0 Å². The first-order valence-electron chi connectivity index (χ1n) is 5.08. The van der Waals surface area contributed by atoms with E-state index in [1.807, 2.05) is 6.07 Å². The molecule has 2 rings (SSSR count). The normalized spacial score (nSPS) is 10.4. The van der Waals surface area contributed by atoms with Crippen molar-refractivity contribution in [1.29, 1.82) is 0 Å². The van der Waals surface area contributed by atoms with Crippen molar-refractivity contribution in [1.82, 2.24) is 0 Å². The Kier molecular flexibility index (Phi) is 4.49. The molecule has 0 spiro atoms. The second kappa shape index (κ2) is 5.91. The van der Waals surface area contributed by atoms with Gasteiger partial charge in [0.15, 0.2) is 0 Å². The highest BCUT2D eigenvalue weighted by Crippen LogP contribution is 2.34. The maximum absolute atomic E-state index is 13.1. The van der Waals surface area contributed by atoms with Crippen molar-refractivity contribution in [2.75, 3.05) is 0 Å². The second-order valence-electron chi connectivity index (χ2n) is 3.54. The van der Waals surface area contributed by atoms with E-state index in [-0.39, 0.29) is 11.7 Å². The fourth-order valence-electron chi connectivity index (χ4n) is 1.43. The average molecular weight is 350 g/mol. The fourth-order valence-corrected chi connectivity index (χ4v) is 2.23. The molecule has 0 unspecified atom stereocenters. The third kappa shape index (κ3) is 2.97. The van der Waals surface area contributed by atoms with Crippen molar-refractivity contribution in [3.8, 4) is 11.5 Å². The van der Waals surface area contributed by atoms with E-state index in [1.165, 1.54) is 18.2 Å². The lowest BCUT2D eigenvalue weighted by atomic mass is 10.2. The molecular formula is C13H8BrCl2FO. The molecule has 0 atom stereocenters. The van der Waals surface area contributed by atoms with E-state index in [0.717, 1.165) is 5.56 Å². The average Bonchev–Trinajstić information content (AvgIpc) is 2.36. The van der Waals surface area contributed by atoms with Crippen molar-refractivity contribution >= 4 is 39.1 Å². The Balaban J connectivity index is 2.36. The Morgan fingerprint density at radius 1 is 1.22 bits per heavy atom. The van der Waals surface area contributed by atoms with Gasteiger partial charge < -0.3 is 4.74 Å². The van der Waals surface area contributed by atoms with Crippen molar-refractivity contribution in [2.45, 2.75) is 5.88 Å². The fraction of sp³-hybridized carbons (Fsp3) is 0.0769. The summed E-state index contributed by atoms with van der Waals surface area (Å²) >= 11 is 15.0. The van der Waals surface area contributed by atoms with Gasteiger partial charge in [0, 0.05) is 5.56 Å². The second-order valence-corrected chi connectivity index (χ2v) is 5.07. The topological polar surface area (TPSA) is 9.23 Å². The highest BCUT2D eigenvalue weighted by molar-refractivity contribution is 9.10. The third-order valence-corrected chi connectivity index (χ3v) is 3.50. The van der Waals surface area contributed by atoms with Gasteiger partial charge in [0.2, 0.25) is 0 Å². The van der Waals surface area contributed by atoms with Crippen molar-refractivity contribution < 1.29 is 9.13 Å². The van der Waals surface area contributed by atoms with Crippen molar-refractivity contribution in [3.63, 3.8) is 0 Å². The Morgan fingerprint density at radius 2 is 2.00 bits per heavy atom. The molecule has 0 saturated heterocycles. The molecule has 0 N–H and O–H groups in total. The molecule has 0 aromatic heterocycles. The van der Waals surface area contributed by atoms with Crippen LogP contribution in [0.5, 0.6) is 11.5 Å². The van der Waals surface area contributed by atoms with E-state index in [4.69, 9.17) is 27.9 Å². The van der Waals surface area contributed by atoms with Crippen molar-refractivity contribution in [2.24, 2.45) is 0 Å². The summed E-state index contributed by atoms with van der Waals surface area (Å²) in [6.45, 7) is 0. The van der Waals surface area contributed by atoms with E-state index in [1.54, 1.807) is 12.1 Å². The van der Waals surface area contributed by atoms with Gasteiger partial charge in [-0.1, -0.05) is 23.7 Å². The largest absolute Gasteiger partial charge is 0.455 e. The Hall–Kier alpha value is -0.770. The first-order valence-corrected chi connectivity index (χ1v) is 6.78. The van der Waals surface area contributed by atoms with E-state index in [2.05, 4.69) is 15.9 Å². The minimum Gasteiger partial charge on any atom is -0.455 e. The zero-order chi connectivity index (χ0) is 13.1. The van der Waals surface area contributed by atoms with Crippen LogP contribution in [0.1, 0.15) is 5.56 Å². The van der Waals surface area contributed by atoms with Crippen LogP contribution >= 0.6 is 39.1 Å². The van der Waals surface area contributed by atoms with Gasteiger partial charge >= 0.3 is 0 Å². The molecule has 0 aliphatic heterocycles. The van der Waals surface area contributed by atoms with Crippen LogP contribution in [0.4, 0.5) is 4.39 Å². The van der Waals surface area contributed by atoms with Crippen LogP contribution in [-0.4, -0.2) is 0 Å². The number of alkyl halides is 1. The van der Waals surface area contributed by atoms with Crippen LogP contribution in [0, 0.1) is 5.82 Å². The van der Waals surface area contributed by atoms with Crippen LogP contribution in [0.3, 0.4) is 0 Å². The van der Waals surface area contributed by atoms with Crippen LogP contribution < -0.4 is 4.74 Å². The quantitative estimate of drug-likeness (QED) is 0.639. The predicted octanol–water partition coefficient (Wildman–Crippen LogP) is 5.77. The van der Waals surface area contributed by atoms with Gasteiger partial charge in [-0.15, -0.1) is 11.6 Å². The van der Waals surface area contributed by atoms with Gasteiger partial charge in [-0.25, -0.2) is 4.39 Å². The molecule has 0 bridgehead atoms. The summed E-state index contributed by atoms with van der Waals surface area (Å²) in [5.41, 5.74) is 0.782. The Bertz CT molecular complexity index is 575. The summed E-state index contributed by atoms with van der Waals surface area (Å²) in [6.07, 6.45) is 0. The lowest BCUT2D eigenvalue weighted by molar-refractivity contribution is 0.476. The number of rotatable bonds is 3. The lowest BCUT2D eigenvalue weighted by Gasteiger charge is -2.11. The standard InChI is InChI=1S/C13H8BrCl2FO/c14-10-6-9(4-5-12(10)17)18-13-8(7-15)2-1-3-11(13)16/h1-6H,7H2. The molecule has 18 heavy (non-hydrogen) atoms. The number of benzene rings is 2. The minimum atomic E-state index is -0.348. The number of hydrogen-bond acceptors (Lipinski definition) is 1. The Labute approximate surface area is 123 Å². The molecule has 94 valence electrons. The van der Waals surface area contributed by atoms with E-state index >= 15 is 0 Å². The lowest BCUT2D eigenvalue weighted by Crippen LogP contribution is -1.91. The van der Waals surface area contributed by atoms with Gasteiger partial charge in [-0.3, -0.25) is 0 Å². The highest BCUT2D eigenvalue weighted by atomic mass is 79.9. The molecule has 5 heteroatoms. The summed E-state index contributed by atoms with van der Waals surface area (Å²) in [5.74, 6) is 0.924. The minimum absolute atomic E-state index is 0.290. The molecule has 2 aromatic carbocycles. The molecule has 2 aromatic rings. The maximum Gasteiger partial charge on any atom is 0.150 e. The zero-order valence-electron chi connectivity index (χ0n) is 9.09. The van der Waals surface area contributed by atoms with Gasteiger partial charge in [-0.05, 0) is 40.2 Å². The third-order valence-electron chi connectivity index (χ3n) is 2.30. The number of halogens is 4. The maximum atomic E-state index is 13.1. The van der Waals surface area contributed by atoms with Crippen LogP contribution in [0.2, 0.25) is 5.02 Å². The summed E-state index contributed by atoms with van der Waals surface area (Å²) < 4.78 is 19.1. The first-order chi connectivity index (χ1) is 8.61. The molecule has 0 amide bonds. The van der Waals surface area contributed by atoms with Gasteiger partial charge in [0.25, 0.3) is 0 Å². The van der Waals surface area contributed by atoms with Gasteiger partial charge in [0.1, 0.15) is 17.3 Å². The summed E-state index contributed by atoms with van der Waals surface area (Å²) in [6, 6.07) is 9.72. The van der Waals surface area contributed by atoms with Crippen molar-refractivity contribution in [3.05, 3.63) is 57.3 Å². The van der Waals surface area contributed by atoms with Crippen LogP contribution in [0.15, 0.2) is 40.9 Å². The highest BCUT2D eigenvalue weighted by Gasteiger charge is 2.10. The molecule has 0 radical (unpaired) electrons. The molecular weight excluding hydrogens is 342 g/mol. The molecule has 0 fully saturated rings. The smallest absolute Gasteiger partial charge is 0.150 e. The summed E-state index contributed by atoms with van der Waals surface area (Å²) in [5, 5.41) is 0.466. The summed E-state index contributed by atoms with van der Waals surface area (Å²) in [4.78, 5) is 0. The monoisotopic (exact) mass is 348 g/mol. The molecule has 0 heterocycles. The SMILES string of the molecule is Fc1ccc(Oc2c(Cl)cccc2CCl)cc1Br. The number of hydrogen-bond donors (Lipinski definition) is 0. The number of para-hydroxylation sites is 1. The van der Waals surface area contributed by atoms with E-state index in [0.29, 0.717) is 21.0 Å². The van der Waals surface area contributed by atoms with E-state index in [9.17, 15) is 4.39 Å². The summed E-state index contributed by atoms with van der Waals surface area (Å²) in [7, 11) is 0. The first kappa shape index (κ1) is 13.7. The zero-order valence-corrected chi connectivity index (χ0v) is 12.2. The predicted molar refractivity (Wildman–Crippen MR) is 75.2 cm³/mol. The van der Waals surface area contributed by atoms with Gasteiger partial charge in [0.05, 0.1) is 15.4 Å².